The minimum Gasteiger partial charge on any atom is -0.323 e. The molecule has 0 amide bonds. The quantitative estimate of drug-likeness (QED) is 0.469. The van der Waals surface area contributed by atoms with Crippen LogP contribution in [0.1, 0.15) is 36.1 Å². The Morgan fingerprint density at radius 2 is 2.00 bits per heavy atom. The highest BCUT2D eigenvalue weighted by Crippen LogP contribution is 2.33. The van der Waals surface area contributed by atoms with Crippen LogP contribution in [-0.2, 0) is 12.8 Å². The van der Waals surface area contributed by atoms with Crippen LogP contribution in [-0.4, -0.2) is 4.98 Å². The maximum Gasteiger partial charge on any atom is 0.124 e. The number of aromatic nitrogens is 1. The molecule has 3 N–H and O–H groups in total. The van der Waals surface area contributed by atoms with Crippen molar-refractivity contribution in [2.75, 3.05) is 5.43 Å². The van der Waals surface area contributed by atoms with Crippen LogP contribution in [0.3, 0.4) is 0 Å². The number of halogens is 1. The van der Waals surface area contributed by atoms with E-state index in [4.69, 9.17) is 10.8 Å². The van der Waals surface area contributed by atoms with E-state index >= 15 is 0 Å². The first kappa shape index (κ1) is 12.4. The molecule has 1 heterocycles. The molecule has 1 aliphatic rings. The van der Waals surface area contributed by atoms with Crippen LogP contribution < -0.4 is 11.3 Å². The number of hydrogen-bond acceptors (Lipinski definition) is 3. The third kappa shape index (κ3) is 2.06. The molecule has 100 valence electrons. The zero-order valence-corrected chi connectivity index (χ0v) is 11.1. The van der Waals surface area contributed by atoms with Gasteiger partial charge in [0.05, 0.1) is 11.2 Å². The van der Waals surface area contributed by atoms with Crippen LogP contribution in [0.2, 0.25) is 0 Å². The first-order valence-corrected chi connectivity index (χ1v) is 6.79. The van der Waals surface area contributed by atoms with Crippen molar-refractivity contribution in [3.8, 4) is 0 Å². The van der Waals surface area contributed by atoms with Gasteiger partial charge in [-0.2, -0.15) is 0 Å². The summed E-state index contributed by atoms with van der Waals surface area (Å²) >= 11 is 0. The van der Waals surface area contributed by atoms with Crippen molar-refractivity contribution in [2.45, 2.75) is 39.0 Å². The molecule has 0 unspecified atom stereocenters. The Kier molecular flexibility index (Phi) is 3.11. The van der Waals surface area contributed by atoms with E-state index in [0.29, 0.717) is 0 Å². The summed E-state index contributed by atoms with van der Waals surface area (Å²) in [6.45, 7) is 1.89. The van der Waals surface area contributed by atoms with Crippen molar-refractivity contribution >= 4 is 16.6 Å². The fraction of sp³-hybridized carbons (Fsp3) is 0.400. The molecule has 2 aromatic rings. The fourth-order valence-corrected chi connectivity index (χ4v) is 3.00. The topological polar surface area (TPSA) is 50.9 Å². The summed E-state index contributed by atoms with van der Waals surface area (Å²) in [6, 6.07) is 3.05. The van der Waals surface area contributed by atoms with Crippen molar-refractivity contribution in [2.24, 2.45) is 5.84 Å². The molecule has 19 heavy (non-hydrogen) atoms. The summed E-state index contributed by atoms with van der Waals surface area (Å²) in [6.07, 6.45) is 5.47. The second kappa shape index (κ2) is 4.78. The van der Waals surface area contributed by atoms with Crippen LogP contribution >= 0.6 is 0 Å². The summed E-state index contributed by atoms with van der Waals surface area (Å²) in [5, 5.41) is 0.792. The van der Waals surface area contributed by atoms with Crippen molar-refractivity contribution in [1.82, 2.24) is 4.98 Å². The number of pyridine rings is 1. The molecule has 0 aliphatic heterocycles. The van der Waals surface area contributed by atoms with Gasteiger partial charge in [-0.3, -0.25) is 10.8 Å². The predicted molar refractivity (Wildman–Crippen MR) is 75.5 cm³/mol. The first-order chi connectivity index (χ1) is 9.20. The maximum absolute atomic E-state index is 13.6. The SMILES string of the molecule is Cc1cc(F)cc2c(NN)c3c(nc12)CCCCC3. The lowest BCUT2D eigenvalue weighted by Gasteiger charge is -2.16. The van der Waals surface area contributed by atoms with E-state index in [9.17, 15) is 4.39 Å². The molecule has 1 aromatic carbocycles. The van der Waals surface area contributed by atoms with Crippen LogP contribution in [0, 0.1) is 12.7 Å². The van der Waals surface area contributed by atoms with Gasteiger partial charge in [0.1, 0.15) is 5.82 Å². The zero-order valence-electron chi connectivity index (χ0n) is 11.1. The smallest absolute Gasteiger partial charge is 0.124 e. The van der Waals surface area contributed by atoms with E-state index in [0.717, 1.165) is 59.1 Å². The molecule has 0 fully saturated rings. The van der Waals surface area contributed by atoms with Crippen LogP contribution in [0.5, 0.6) is 0 Å². The normalized spacial score (nSPS) is 15.1. The third-order valence-corrected chi connectivity index (χ3v) is 3.92. The number of fused-ring (bicyclic) bond motifs is 2. The maximum atomic E-state index is 13.6. The van der Waals surface area contributed by atoms with Gasteiger partial charge in [0.2, 0.25) is 0 Å². The number of nitrogens with zero attached hydrogens (tertiary/aromatic N) is 1. The van der Waals surface area contributed by atoms with Crippen molar-refractivity contribution in [3.05, 3.63) is 34.8 Å². The molecule has 0 atom stereocenters. The Morgan fingerprint density at radius 3 is 2.79 bits per heavy atom. The van der Waals surface area contributed by atoms with E-state index in [1.807, 2.05) is 6.92 Å². The number of nitrogen functional groups attached to an aromatic ring is 1. The van der Waals surface area contributed by atoms with Gasteiger partial charge in [0.25, 0.3) is 0 Å². The molecule has 0 radical (unpaired) electrons. The molecule has 3 nitrogen and oxygen atoms in total. The highest BCUT2D eigenvalue weighted by Gasteiger charge is 2.18. The van der Waals surface area contributed by atoms with Gasteiger partial charge in [0, 0.05) is 11.1 Å². The number of hydrogen-bond donors (Lipinski definition) is 2. The average Bonchev–Trinajstić information content (AvgIpc) is 2.61. The second-order valence-corrected chi connectivity index (χ2v) is 5.24. The Hall–Kier alpha value is -1.68. The Bertz CT molecular complexity index is 637. The summed E-state index contributed by atoms with van der Waals surface area (Å²) in [5.41, 5.74) is 7.62. The van der Waals surface area contributed by atoms with E-state index in [1.54, 1.807) is 0 Å². The Balaban J connectivity index is 2.36. The second-order valence-electron chi connectivity index (χ2n) is 5.24. The standard InChI is InChI=1S/C15H18FN3/c1-9-7-10(16)8-12-14(9)18-13-6-4-2-3-5-11(13)15(12)19-17/h7-8H,2-6,17H2,1H3,(H,18,19). The lowest BCUT2D eigenvalue weighted by Crippen LogP contribution is -2.12. The highest BCUT2D eigenvalue weighted by molar-refractivity contribution is 5.95. The van der Waals surface area contributed by atoms with Gasteiger partial charge >= 0.3 is 0 Å². The van der Waals surface area contributed by atoms with Crippen molar-refractivity contribution in [1.29, 1.82) is 0 Å². The molecule has 0 saturated heterocycles. The summed E-state index contributed by atoms with van der Waals surface area (Å²) < 4.78 is 13.6. The van der Waals surface area contributed by atoms with Gasteiger partial charge in [0.15, 0.2) is 0 Å². The number of aryl methyl sites for hydroxylation is 2. The van der Waals surface area contributed by atoms with Crippen LogP contribution in [0.25, 0.3) is 10.9 Å². The molecular weight excluding hydrogens is 241 g/mol. The molecule has 0 bridgehead atoms. The number of nitrogens with one attached hydrogen (secondary N) is 1. The van der Waals surface area contributed by atoms with Crippen molar-refractivity contribution in [3.63, 3.8) is 0 Å². The van der Waals surface area contributed by atoms with Gasteiger partial charge in [-0.25, -0.2) is 4.39 Å². The number of hydrazine groups is 1. The number of benzene rings is 1. The van der Waals surface area contributed by atoms with E-state index in [1.165, 1.54) is 18.6 Å². The van der Waals surface area contributed by atoms with Gasteiger partial charge in [-0.15, -0.1) is 0 Å². The average molecular weight is 259 g/mol. The molecular formula is C15H18FN3. The molecule has 1 aliphatic carbocycles. The largest absolute Gasteiger partial charge is 0.323 e. The lowest BCUT2D eigenvalue weighted by atomic mass is 10.0. The monoisotopic (exact) mass is 259 g/mol. The van der Waals surface area contributed by atoms with E-state index < -0.39 is 0 Å². The predicted octanol–water partition coefficient (Wildman–Crippen LogP) is 3.24. The molecule has 3 rings (SSSR count). The van der Waals surface area contributed by atoms with E-state index in [2.05, 4.69) is 5.43 Å². The zero-order chi connectivity index (χ0) is 13.4. The Labute approximate surface area is 112 Å². The minimum atomic E-state index is -0.239. The molecule has 0 spiro atoms. The third-order valence-electron chi connectivity index (χ3n) is 3.92. The molecule has 1 aromatic heterocycles. The Morgan fingerprint density at radius 1 is 1.21 bits per heavy atom. The number of anilines is 1. The van der Waals surface area contributed by atoms with Gasteiger partial charge in [-0.05, 0) is 55.9 Å². The van der Waals surface area contributed by atoms with Crippen molar-refractivity contribution < 1.29 is 4.39 Å². The lowest BCUT2D eigenvalue weighted by molar-refractivity contribution is 0.628. The molecule has 4 heteroatoms. The van der Waals surface area contributed by atoms with Gasteiger partial charge < -0.3 is 5.43 Å². The fourth-order valence-electron chi connectivity index (χ4n) is 3.00. The van der Waals surface area contributed by atoms with Crippen LogP contribution in [0.4, 0.5) is 10.1 Å². The summed E-state index contributed by atoms with van der Waals surface area (Å²) in [5.74, 6) is 5.45. The highest BCUT2D eigenvalue weighted by atomic mass is 19.1. The first-order valence-electron chi connectivity index (χ1n) is 6.79. The van der Waals surface area contributed by atoms with E-state index in [-0.39, 0.29) is 5.82 Å². The van der Waals surface area contributed by atoms with Crippen LogP contribution in [0.15, 0.2) is 12.1 Å². The molecule has 0 saturated carbocycles. The number of rotatable bonds is 1. The van der Waals surface area contributed by atoms with Gasteiger partial charge in [-0.1, -0.05) is 6.42 Å². The number of nitrogens with two attached hydrogens (primary N) is 1. The summed E-state index contributed by atoms with van der Waals surface area (Å²) in [7, 11) is 0. The summed E-state index contributed by atoms with van der Waals surface area (Å²) in [4.78, 5) is 4.76. The minimum absolute atomic E-state index is 0.239.